The fraction of sp³-hybridized carbons (Fsp3) is 0. The Bertz CT molecular complexity index is 719. The molecule has 0 bridgehead atoms. The number of fused-ring (bicyclic) bond motifs is 1. The van der Waals surface area contributed by atoms with Crippen molar-refractivity contribution >= 4 is 17.0 Å². The molecular weight excluding hydrogens is 230 g/mol. The van der Waals surface area contributed by atoms with Crippen LogP contribution < -0.4 is 0 Å². The van der Waals surface area contributed by atoms with Crippen LogP contribution in [-0.2, 0) is 0 Å². The van der Waals surface area contributed by atoms with E-state index in [0.29, 0.717) is 11.5 Å². The highest BCUT2D eigenvalue weighted by molar-refractivity contribution is 5.94. The molecule has 0 aliphatic heterocycles. The Morgan fingerprint density at radius 2 is 1.94 bits per heavy atom. The SMILES string of the molecule is O=C(O)c1cc2cccnc2n1-c1ccccn1. The van der Waals surface area contributed by atoms with E-state index in [1.165, 1.54) is 4.57 Å². The Morgan fingerprint density at radius 1 is 1.11 bits per heavy atom. The van der Waals surface area contributed by atoms with Gasteiger partial charge in [-0.1, -0.05) is 6.07 Å². The van der Waals surface area contributed by atoms with Crippen molar-refractivity contribution in [3.05, 3.63) is 54.5 Å². The van der Waals surface area contributed by atoms with Crippen LogP contribution in [-0.4, -0.2) is 25.6 Å². The highest BCUT2D eigenvalue weighted by Crippen LogP contribution is 2.21. The molecule has 0 spiro atoms. The van der Waals surface area contributed by atoms with Gasteiger partial charge >= 0.3 is 5.97 Å². The molecule has 1 N–H and O–H groups in total. The maximum Gasteiger partial charge on any atom is 0.352 e. The van der Waals surface area contributed by atoms with Gasteiger partial charge in [-0.05, 0) is 30.3 Å². The first kappa shape index (κ1) is 10.5. The number of carboxylic acid groups (broad SMARTS) is 1. The summed E-state index contributed by atoms with van der Waals surface area (Å²) < 4.78 is 1.54. The molecule has 5 nitrogen and oxygen atoms in total. The van der Waals surface area contributed by atoms with Crippen molar-refractivity contribution in [1.29, 1.82) is 0 Å². The molecule has 0 aromatic carbocycles. The summed E-state index contributed by atoms with van der Waals surface area (Å²) in [6.45, 7) is 0. The van der Waals surface area contributed by atoms with Crippen LogP contribution in [0.15, 0.2) is 48.8 Å². The number of aromatic nitrogens is 3. The standard InChI is InChI=1S/C13H9N3O2/c17-13(18)10-8-9-4-3-7-15-12(9)16(10)11-5-1-2-6-14-11/h1-8H,(H,17,18). The van der Waals surface area contributed by atoms with Crippen LogP contribution >= 0.6 is 0 Å². The first-order chi connectivity index (χ1) is 8.77. The fourth-order valence-electron chi connectivity index (χ4n) is 1.91. The third-order valence-corrected chi connectivity index (χ3v) is 2.66. The van der Waals surface area contributed by atoms with E-state index in [2.05, 4.69) is 9.97 Å². The highest BCUT2D eigenvalue weighted by Gasteiger charge is 2.16. The second-order valence-electron chi connectivity index (χ2n) is 3.77. The number of rotatable bonds is 2. The van der Waals surface area contributed by atoms with Crippen LogP contribution in [0.25, 0.3) is 16.9 Å². The lowest BCUT2D eigenvalue weighted by atomic mass is 10.3. The predicted octanol–water partition coefficient (Wildman–Crippen LogP) is 2.12. The molecule has 0 aliphatic rings. The van der Waals surface area contributed by atoms with Gasteiger partial charge in [0.15, 0.2) is 0 Å². The molecule has 0 atom stereocenters. The monoisotopic (exact) mass is 239 g/mol. The van der Waals surface area contributed by atoms with Crippen LogP contribution in [0.2, 0.25) is 0 Å². The van der Waals surface area contributed by atoms with E-state index in [1.54, 1.807) is 36.7 Å². The fourth-order valence-corrected chi connectivity index (χ4v) is 1.91. The topological polar surface area (TPSA) is 68.0 Å². The van der Waals surface area contributed by atoms with Crippen LogP contribution in [0, 0.1) is 0 Å². The summed E-state index contributed by atoms with van der Waals surface area (Å²) in [4.78, 5) is 19.7. The second kappa shape index (κ2) is 3.96. The zero-order chi connectivity index (χ0) is 12.5. The van der Waals surface area contributed by atoms with Gasteiger partial charge in [0.1, 0.15) is 17.2 Å². The van der Waals surface area contributed by atoms with E-state index < -0.39 is 5.97 Å². The quantitative estimate of drug-likeness (QED) is 0.743. The Hall–Kier alpha value is -2.69. The van der Waals surface area contributed by atoms with Gasteiger partial charge < -0.3 is 5.11 Å². The maximum absolute atomic E-state index is 11.3. The Balaban J connectivity index is 2.38. The van der Waals surface area contributed by atoms with Crippen LogP contribution in [0.5, 0.6) is 0 Å². The molecule has 3 heterocycles. The van der Waals surface area contributed by atoms with E-state index >= 15 is 0 Å². The molecule has 0 aliphatic carbocycles. The van der Waals surface area contributed by atoms with E-state index in [1.807, 2.05) is 12.1 Å². The lowest BCUT2D eigenvalue weighted by molar-refractivity contribution is 0.0688. The minimum atomic E-state index is -1.00. The predicted molar refractivity (Wildman–Crippen MR) is 65.8 cm³/mol. The van der Waals surface area contributed by atoms with Gasteiger partial charge in [0.05, 0.1) is 0 Å². The minimum Gasteiger partial charge on any atom is -0.477 e. The minimum absolute atomic E-state index is 0.155. The number of hydrogen-bond donors (Lipinski definition) is 1. The average Bonchev–Trinajstić information content (AvgIpc) is 2.79. The molecule has 3 rings (SSSR count). The number of carboxylic acids is 1. The molecule has 0 unspecified atom stereocenters. The Morgan fingerprint density at radius 3 is 2.67 bits per heavy atom. The van der Waals surface area contributed by atoms with Gasteiger partial charge in [-0.15, -0.1) is 0 Å². The second-order valence-corrected chi connectivity index (χ2v) is 3.77. The molecule has 0 radical (unpaired) electrons. The third kappa shape index (κ3) is 1.53. The van der Waals surface area contributed by atoms with Crippen molar-refractivity contribution in [2.45, 2.75) is 0 Å². The number of nitrogens with zero attached hydrogens (tertiary/aromatic N) is 3. The van der Waals surface area contributed by atoms with E-state index in [4.69, 9.17) is 0 Å². The maximum atomic E-state index is 11.3. The number of hydrogen-bond acceptors (Lipinski definition) is 3. The van der Waals surface area contributed by atoms with Gasteiger partial charge in [-0.2, -0.15) is 0 Å². The summed E-state index contributed by atoms with van der Waals surface area (Å²) >= 11 is 0. The van der Waals surface area contributed by atoms with Crippen molar-refractivity contribution in [1.82, 2.24) is 14.5 Å². The van der Waals surface area contributed by atoms with Crippen molar-refractivity contribution in [3.8, 4) is 5.82 Å². The van der Waals surface area contributed by atoms with E-state index in [0.717, 1.165) is 5.39 Å². The smallest absolute Gasteiger partial charge is 0.352 e. The lowest BCUT2D eigenvalue weighted by Crippen LogP contribution is -2.08. The molecule has 3 aromatic heterocycles. The molecule has 3 aromatic rings. The molecule has 0 saturated carbocycles. The van der Waals surface area contributed by atoms with Crippen molar-refractivity contribution in [3.63, 3.8) is 0 Å². The molecule has 0 fully saturated rings. The summed E-state index contributed by atoms with van der Waals surface area (Å²) in [5.41, 5.74) is 0.746. The summed E-state index contributed by atoms with van der Waals surface area (Å²) in [6, 6.07) is 10.5. The van der Waals surface area contributed by atoms with E-state index in [-0.39, 0.29) is 5.69 Å². The first-order valence-electron chi connectivity index (χ1n) is 5.38. The third-order valence-electron chi connectivity index (χ3n) is 2.66. The zero-order valence-electron chi connectivity index (χ0n) is 9.32. The van der Waals surface area contributed by atoms with Crippen LogP contribution in [0.1, 0.15) is 10.5 Å². The first-order valence-corrected chi connectivity index (χ1v) is 5.38. The highest BCUT2D eigenvalue weighted by atomic mass is 16.4. The van der Waals surface area contributed by atoms with Crippen molar-refractivity contribution in [2.24, 2.45) is 0 Å². The van der Waals surface area contributed by atoms with Crippen LogP contribution in [0.3, 0.4) is 0 Å². The van der Waals surface area contributed by atoms with Gasteiger partial charge in [0.2, 0.25) is 0 Å². The summed E-state index contributed by atoms with van der Waals surface area (Å²) in [5.74, 6) is -0.456. The number of carbonyl (C=O) groups is 1. The van der Waals surface area contributed by atoms with Crippen LogP contribution in [0.4, 0.5) is 0 Å². The average molecular weight is 239 g/mol. The normalized spacial score (nSPS) is 10.7. The summed E-state index contributed by atoms with van der Waals surface area (Å²) in [5, 5.41) is 10.0. The molecule has 5 heteroatoms. The van der Waals surface area contributed by atoms with E-state index in [9.17, 15) is 9.90 Å². The molecule has 88 valence electrons. The van der Waals surface area contributed by atoms with Gasteiger partial charge in [-0.25, -0.2) is 14.8 Å². The van der Waals surface area contributed by atoms with Crippen molar-refractivity contribution in [2.75, 3.05) is 0 Å². The molecule has 18 heavy (non-hydrogen) atoms. The summed E-state index contributed by atoms with van der Waals surface area (Å²) in [7, 11) is 0. The van der Waals surface area contributed by atoms with Gasteiger partial charge in [0.25, 0.3) is 0 Å². The Kier molecular flexibility index (Phi) is 2.30. The largest absolute Gasteiger partial charge is 0.477 e. The van der Waals surface area contributed by atoms with Gasteiger partial charge in [0, 0.05) is 17.8 Å². The number of pyridine rings is 2. The molecule has 0 saturated heterocycles. The lowest BCUT2D eigenvalue weighted by Gasteiger charge is -2.05. The zero-order valence-corrected chi connectivity index (χ0v) is 9.32. The molecular formula is C13H9N3O2. The Labute approximate surface area is 102 Å². The molecule has 0 amide bonds. The van der Waals surface area contributed by atoms with Gasteiger partial charge in [-0.3, -0.25) is 4.57 Å². The van der Waals surface area contributed by atoms with Crippen molar-refractivity contribution < 1.29 is 9.90 Å². The summed E-state index contributed by atoms with van der Waals surface area (Å²) in [6.07, 6.45) is 3.25. The number of aromatic carboxylic acids is 1.